The molecule has 0 atom stereocenters. The molecule has 1 aromatic carbocycles. The number of phenols is 1. The summed E-state index contributed by atoms with van der Waals surface area (Å²) in [6.45, 7) is 3.68. The van der Waals surface area contributed by atoms with E-state index in [1.807, 2.05) is 18.2 Å². The largest absolute Gasteiger partial charge is 0.508 e. The lowest BCUT2D eigenvalue weighted by Crippen LogP contribution is -2.01. The maximum Gasteiger partial charge on any atom is 0.397 e. The number of hydrogen-bond donors (Lipinski definition) is 2. The third kappa shape index (κ3) is 12.6. The van der Waals surface area contributed by atoms with Crippen LogP contribution in [0.3, 0.4) is 0 Å². The molecule has 6 heteroatoms. The fourth-order valence-electron chi connectivity index (χ4n) is 1.97. The summed E-state index contributed by atoms with van der Waals surface area (Å²) >= 11 is 0. The van der Waals surface area contributed by atoms with Gasteiger partial charge in [-0.3, -0.25) is 4.55 Å². The summed E-state index contributed by atoms with van der Waals surface area (Å²) in [5.74, 6) is 0.450. The van der Waals surface area contributed by atoms with Crippen LogP contribution in [0.25, 0.3) is 0 Å². The van der Waals surface area contributed by atoms with Gasteiger partial charge in [-0.15, -0.1) is 0 Å². The number of para-hydroxylation sites is 1. The van der Waals surface area contributed by atoms with E-state index in [-0.39, 0.29) is 6.61 Å². The summed E-state index contributed by atoms with van der Waals surface area (Å²) in [5, 5.41) is 9.55. The molecule has 0 spiro atoms. The molecule has 0 radical (unpaired) electrons. The van der Waals surface area contributed by atoms with Crippen molar-refractivity contribution in [3.63, 3.8) is 0 Å². The van der Waals surface area contributed by atoms with E-state index in [0.717, 1.165) is 12.0 Å². The van der Waals surface area contributed by atoms with Crippen LogP contribution in [0.15, 0.2) is 24.3 Å². The second kappa shape index (κ2) is 12.4. The highest BCUT2D eigenvalue weighted by molar-refractivity contribution is 7.80. The van der Waals surface area contributed by atoms with E-state index < -0.39 is 10.4 Å². The average Bonchev–Trinajstić information content (AvgIpc) is 2.44. The number of aryl methyl sites for hydroxylation is 1. The zero-order valence-electron chi connectivity index (χ0n) is 13.5. The first kappa shape index (κ1) is 20.9. The van der Waals surface area contributed by atoms with Crippen molar-refractivity contribution in [3.8, 4) is 5.75 Å². The quantitative estimate of drug-likeness (QED) is 0.525. The number of aromatic hydroxyl groups is 1. The van der Waals surface area contributed by atoms with E-state index in [1.165, 1.54) is 45.4 Å². The molecule has 0 heterocycles. The summed E-state index contributed by atoms with van der Waals surface area (Å²) in [5.41, 5.74) is 1.09. The molecule has 1 aromatic rings. The fourth-order valence-corrected chi connectivity index (χ4v) is 2.26. The van der Waals surface area contributed by atoms with E-state index in [2.05, 4.69) is 11.1 Å². The van der Waals surface area contributed by atoms with Gasteiger partial charge in [0.15, 0.2) is 0 Å². The predicted octanol–water partition coefficient (Wildman–Crippen LogP) is 4.12. The number of unbranched alkanes of at least 4 members (excludes halogenated alkanes) is 5. The Morgan fingerprint density at radius 3 is 2.09 bits per heavy atom. The Bertz CT molecular complexity index is 485. The van der Waals surface area contributed by atoms with Crippen molar-refractivity contribution in [1.82, 2.24) is 0 Å². The molecule has 0 fully saturated rings. The first-order valence-corrected chi connectivity index (χ1v) is 9.16. The molecule has 0 unspecified atom stereocenters. The molecular weight excluding hydrogens is 304 g/mol. The highest BCUT2D eigenvalue weighted by Crippen LogP contribution is 2.18. The Morgan fingerprint density at radius 2 is 1.59 bits per heavy atom. The lowest BCUT2D eigenvalue weighted by Gasteiger charge is -2.03. The Kier molecular flexibility index (Phi) is 11.8. The zero-order chi connectivity index (χ0) is 16.8. The van der Waals surface area contributed by atoms with Crippen LogP contribution < -0.4 is 0 Å². The van der Waals surface area contributed by atoms with Gasteiger partial charge in [0.1, 0.15) is 5.75 Å². The molecule has 2 N–H and O–H groups in total. The SMILES string of the molecule is CCCCCCCCc1ccccc1O.CCOS(=O)(=O)O. The Morgan fingerprint density at radius 1 is 1.00 bits per heavy atom. The molecule has 128 valence electrons. The van der Waals surface area contributed by atoms with Crippen LogP contribution in [0.2, 0.25) is 0 Å². The Balaban J connectivity index is 0.000000534. The summed E-state index contributed by atoms with van der Waals surface area (Å²) in [6, 6.07) is 7.65. The van der Waals surface area contributed by atoms with Gasteiger partial charge in [-0.1, -0.05) is 57.2 Å². The second-order valence-corrected chi connectivity index (χ2v) is 6.07. The Hall–Kier alpha value is -1.11. The molecule has 1 rings (SSSR count). The lowest BCUT2D eigenvalue weighted by molar-refractivity contribution is 0.283. The molecule has 0 aliphatic carbocycles. The molecule has 22 heavy (non-hydrogen) atoms. The monoisotopic (exact) mass is 332 g/mol. The summed E-state index contributed by atoms with van der Waals surface area (Å²) < 4.78 is 30.7. The van der Waals surface area contributed by atoms with Gasteiger partial charge in [-0.05, 0) is 31.4 Å². The molecule has 0 saturated heterocycles. The number of rotatable bonds is 9. The van der Waals surface area contributed by atoms with Crippen LogP contribution in [0, 0.1) is 0 Å². The van der Waals surface area contributed by atoms with E-state index in [4.69, 9.17) is 4.55 Å². The van der Waals surface area contributed by atoms with Crippen molar-refractivity contribution in [3.05, 3.63) is 29.8 Å². The summed E-state index contributed by atoms with van der Waals surface area (Å²) in [7, 11) is -4.17. The number of phenolic OH excluding ortho intramolecular Hbond substituents is 1. The van der Waals surface area contributed by atoms with Crippen LogP contribution in [0.5, 0.6) is 5.75 Å². The van der Waals surface area contributed by atoms with Crippen molar-refractivity contribution < 1.29 is 22.3 Å². The molecular formula is C16H28O5S. The van der Waals surface area contributed by atoms with Gasteiger partial charge >= 0.3 is 10.4 Å². The summed E-state index contributed by atoms with van der Waals surface area (Å²) in [4.78, 5) is 0. The highest BCUT2D eigenvalue weighted by Gasteiger charge is 1.99. The van der Waals surface area contributed by atoms with Gasteiger partial charge in [-0.25, -0.2) is 4.18 Å². The third-order valence-corrected chi connectivity index (χ3v) is 3.59. The van der Waals surface area contributed by atoms with Crippen LogP contribution in [-0.4, -0.2) is 24.7 Å². The van der Waals surface area contributed by atoms with Gasteiger partial charge in [0, 0.05) is 0 Å². The minimum atomic E-state index is -4.17. The molecule has 0 saturated carbocycles. The smallest absolute Gasteiger partial charge is 0.397 e. The number of hydrogen-bond acceptors (Lipinski definition) is 4. The lowest BCUT2D eigenvalue weighted by atomic mass is 10.0. The van der Waals surface area contributed by atoms with E-state index in [9.17, 15) is 13.5 Å². The van der Waals surface area contributed by atoms with Crippen molar-refractivity contribution in [2.75, 3.05) is 6.61 Å². The van der Waals surface area contributed by atoms with Crippen LogP contribution in [0.4, 0.5) is 0 Å². The van der Waals surface area contributed by atoms with E-state index >= 15 is 0 Å². The van der Waals surface area contributed by atoms with Crippen molar-refractivity contribution in [2.45, 2.75) is 58.8 Å². The molecule has 0 aliphatic heterocycles. The molecule has 0 bridgehead atoms. The average molecular weight is 332 g/mol. The standard InChI is InChI=1S/C14H22O.C2H6O4S/c1-2-3-4-5-6-7-10-13-11-8-9-12-14(13)15;1-2-6-7(3,4)5/h8-9,11-12,15H,2-7,10H2,1H3;2H2,1H3,(H,3,4,5). The van der Waals surface area contributed by atoms with Crippen molar-refractivity contribution >= 4 is 10.4 Å². The number of benzene rings is 1. The third-order valence-electron chi connectivity index (χ3n) is 3.06. The van der Waals surface area contributed by atoms with Gasteiger partial charge in [-0.2, -0.15) is 8.42 Å². The normalized spacial score (nSPS) is 10.9. The topological polar surface area (TPSA) is 83.8 Å². The van der Waals surface area contributed by atoms with Crippen LogP contribution in [0.1, 0.15) is 57.9 Å². The molecule has 0 aromatic heterocycles. The second-order valence-electron chi connectivity index (χ2n) is 4.98. The first-order chi connectivity index (χ1) is 10.4. The van der Waals surface area contributed by atoms with Gasteiger partial charge in [0.25, 0.3) is 0 Å². The first-order valence-electron chi connectivity index (χ1n) is 7.79. The van der Waals surface area contributed by atoms with E-state index in [0.29, 0.717) is 5.75 Å². The molecule has 0 amide bonds. The minimum Gasteiger partial charge on any atom is -0.508 e. The summed E-state index contributed by atoms with van der Waals surface area (Å²) in [6.07, 6.45) is 8.85. The van der Waals surface area contributed by atoms with Gasteiger partial charge in [0.2, 0.25) is 0 Å². The molecule has 0 aliphatic rings. The van der Waals surface area contributed by atoms with Crippen molar-refractivity contribution in [1.29, 1.82) is 0 Å². The van der Waals surface area contributed by atoms with Crippen LogP contribution >= 0.6 is 0 Å². The maximum atomic E-state index is 9.56. The maximum absolute atomic E-state index is 9.56. The van der Waals surface area contributed by atoms with Crippen molar-refractivity contribution in [2.24, 2.45) is 0 Å². The predicted molar refractivity (Wildman–Crippen MR) is 88.4 cm³/mol. The fraction of sp³-hybridized carbons (Fsp3) is 0.625. The molecule has 5 nitrogen and oxygen atoms in total. The highest BCUT2D eigenvalue weighted by atomic mass is 32.3. The van der Waals surface area contributed by atoms with Gasteiger partial charge < -0.3 is 5.11 Å². The van der Waals surface area contributed by atoms with Crippen LogP contribution in [-0.2, 0) is 21.0 Å². The van der Waals surface area contributed by atoms with Gasteiger partial charge in [0.05, 0.1) is 6.61 Å². The zero-order valence-corrected chi connectivity index (χ0v) is 14.3. The van der Waals surface area contributed by atoms with E-state index in [1.54, 1.807) is 6.07 Å². The minimum absolute atomic E-state index is 0.0289. The Labute approximate surface area is 134 Å².